The van der Waals surface area contributed by atoms with E-state index in [0.717, 1.165) is 0 Å². The summed E-state index contributed by atoms with van der Waals surface area (Å²) < 4.78 is 30.1. The molecule has 1 aliphatic heterocycles. The van der Waals surface area contributed by atoms with Crippen molar-refractivity contribution in [3.05, 3.63) is 0 Å². The Kier molecular flexibility index (Phi) is 4.34. The second-order valence-electron chi connectivity index (χ2n) is 4.67. The van der Waals surface area contributed by atoms with Crippen molar-refractivity contribution >= 4 is 10.0 Å². The third-order valence-electron chi connectivity index (χ3n) is 3.17. The molecule has 0 aliphatic carbocycles. The predicted molar refractivity (Wildman–Crippen MR) is 63.6 cm³/mol. The number of hydrogen-bond donors (Lipinski definition) is 1. The molecule has 1 heterocycles. The van der Waals surface area contributed by atoms with E-state index in [1.54, 1.807) is 0 Å². The quantitative estimate of drug-likeness (QED) is 0.675. The van der Waals surface area contributed by atoms with Crippen LogP contribution in [0.3, 0.4) is 0 Å². The van der Waals surface area contributed by atoms with Crippen molar-refractivity contribution in [2.24, 2.45) is 11.7 Å². The Bertz CT molecular complexity index is 321. The standard InChI is InChI=1S/C10H22N2O3S/c1-4-15-5-6-16(13,14)12-7-10(11,8-12)9(2)3/h9H,4-8,11H2,1-3H3. The van der Waals surface area contributed by atoms with Crippen LogP contribution in [-0.2, 0) is 14.8 Å². The molecule has 2 N–H and O–H groups in total. The van der Waals surface area contributed by atoms with E-state index < -0.39 is 10.0 Å². The third-order valence-corrected chi connectivity index (χ3v) is 4.90. The molecule has 0 saturated carbocycles. The highest BCUT2D eigenvalue weighted by Crippen LogP contribution is 2.28. The highest BCUT2D eigenvalue weighted by Gasteiger charge is 2.46. The van der Waals surface area contributed by atoms with Crippen molar-refractivity contribution in [3.63, 3.8) is 0 Å². The molecule has 1 rings (SSSR count). The Morgan fingerprint density at radius 2 is 2.00 bits per heavy atom. The largest absolute Gasteiger partial charge is 0.381 e. The van der Waals surface area contributed by atoms with Gasteiger partial charge in [0.05, 0.1) is 12.4 Å². The second kappa shape index (κ2) is 5.00. The topological polar surface area (TPSA) is 72.6 Å². The average Bonchev–Trinajstić information content (AvgIpc) is 2.12. The normalized spacial score (nSPS) is 21.1. The molecule has 1 aliphatic rings. The lowest BCUT2D eigenvalue weighted by Crippen LogP contribution is -2.71. The smallest absolute Gasteiger partial charge is 0.216 e. The Labute approximate surface area is 98.0 Å². The van der Waals surface area contributed by atoms with Gasteiger partial charge in [-0.25, -0.2) is 8.42 Å². The van der Waals surface area contributed by atoms with Gasteiger partial charge in [-0.15, -0.1) is 0 Å². The Hall–Kier alpha value is -0.170. The fourth-order valence-electron chi connectivity index (χ4n) is 1.61. The van der Waals surface area contributed by atoms with Crippen molar-refractivity contribution in [1.29, 1.82) is 0 Å². The van der Waals surface area contributed by atoms with Crippen LogP contribution < -0.4 is 5.73 Å². The Morgan fingerprint density at radius 1 is 1.44 bits per heavy atom. The van der Waals surface area contributed by atoms with E-state index in [4.69, 9.17) is 10.5 Å². The first kappa shape index (κ1) is 13.9. The average molecular weight is 250 g/mol. The molecule has 0 bridgehead atoms. The van der Waals surface area contributed by atoms with Gasteiger partial charge in [0, 0.05) is 25.2 Å². The minimum Gasteiger partial charge on any atom is -0.381 e. The number of rotatable bonds is 6. The molecule has 0 spiro atoms. The lowest BCUT2D eigenvalue weighted by atomic mass is 9.82. The van der Waals surface area contributed by atoms with E-state index in [1.807, 2.05) is 20.8 Å². The van der Waals surface area contributed by atoms with Gasteiger partial charge in [-0.2, -0.15) is 4.31 Å². The van der Waals surface area contributed by atoms with E-state index in [9.17, 15) is 8.42 Å². The van der Waals surface area contributed by atoms with Gasteiger partial charge >= 0.3 is 0 Å². The maximum Gasteiger partial charge on any atom is 0.216 e. The maximum absolute atomic E-state index is 11.8. The summed E-state index contributed by atoms with van der Waals surface area (Å²) in [5.41, 5.74) is 5.70. The van der Waals surface area contributed by atoms with Gasteiger partial charge in [-0.05, 0) is 12.8 Å². The molecule has 5 nitrogen and oxygen atoms in total. The van der Waals surface area contributed by atoms with E-state index in [0.29, 0.717) is 25.6 Å². The molecule has 1 fully saturated rings. The van der Waals surface area contributed by atoms with Crippen LogP contribution in [0, 0.1) is 5.92 Å². The number of sulfonamides is 1. The fraction of sp³-hybridized carbons (Fsp3) is 1.00. The van der Waals surface area contributed by atoms with Crippen LogP contribution >= 0.6 is 0 Å². The van der Waals surface area contributed by atoms with Crippen LogP contribution in [0.25, 0.3) is 0 Å². The van der Waals surface area contributed by atoms with Crippen LogP contribution in [0.5, 0.6) is 0 Å². The zero-order valence-corrected chi connectivity index (χ0v) is 11.1. The number of ether oxygens (including phenoxy) is 1. The highest BCUT2D eigenvalue weighted by atomic mass is 32.2. The molecule has 0 aromatic carbocycles. The Balaban J connectivity index is 2.44. The third kappa shape index (κ3) is 2.94. The lowest BCUT2D eigenvalue weighted by molar-refractivity contribution is 0.108. The molecule has 1 saturated heterocycles. The minimum absolute atomic E-state index is 0.0506. The molecule has 0 aromatic heterocycles. The molecule has 6 heteroatoms. The SMILES string of the molecule is CCOCCS(=O)(=O)N1CC(N)(C(C)C)C1. The summed E-state index contributed by atoms with van der Waals surface area (Å²) in [7, 11) is -3.17. The summed E-state index contributed by atoms with van der Waals surface area (Å²) in [5.74, 6) is 0.348. The molecule has 0 unspecified atom stereocenters. The van der Waals surface area contributed by atoms with Crippen LogP contribution in [0.1, 0.15) is 20.8 Å². The van der Waals surface area contributed by atoms with Crippen molar-refractivity contribution in [3.8, 4) is 0 Å². The second-order valence-corrected chi connectivity index (χ2v) is 6.76. The molecule has 0 aromatic rings. The van der Waals surface area contributed by atoms with E-state index in [-0.39, 0.29) is 17.9 Å². The van der Waals surface area contributed by atoms with E-state index in [2.05, 4.69) is 0 Å². The summed E-state index contributed by atoms with van der Waals surface area (Å²) in [6.45, 7) is 7.55. The highest BCUT2D eigenvalue weighted by molar-refractivity contribution is 7.89. The lowest BCUT2D eigenvalue weighted by Gasteiger charge is -2.49. The molecule has 0 radical (unpaired) electrons. The zero-order chi connectivity index (χ0) is 12.4. The zero-order valence-electron chi connectivity index (χ0n) is 10.3. The van der Waals surface area contributed by atoms with Crippen LogP contribution in [0.4, 0.5) is 0 Å². The molecular formula is C10H22N2O3S. The number of nitrogens with two attached hydrogens (primary N) is 1. The van der Waals surface area contributed by atoms with Crippen LogP contribution in [0.15, 0.2) is 0 Å². The first-order valence-electron chi connectivity index (χ1n) is 5.66. The number of nitrogens with zero attached hydrogens (tertiary/aromatic N) is 1. The maximum atomic E-state index is 11.8. The summed E-state index contributed by atoms with van der Waals surface area (Å²) in [6, 6.07) is 0. The monoisotopic (exact) mass is 250 g/mol. The van der Waals surface area contributed by atoms with Crippen molar-refractivity contribution in [2.75, 3.05) is 32.1 Å². The summed E-state index contributed by atoms with van der Waals surface area (Å²) in [5, 5.41) is 0. The van der Waals surface area contributed by atoms with Gasteiger partial charge in [0.15, 0.2) is 0 Å². The molecular weight excluding hydrogens is 228 g/mol. The number of hydrogen-bond acceptors (Lipinski definition) is 4. The van der Waals surface area contributed by atoms with Gasteiger partial charge in [-0.1, -0.05) is 13.8 Å². The summed E-state index contributed by atoms with van der Waals surface area (Å²) in [4.78, 5) is 0. The van der Waals surface area contributed by atoms with Crippen LogP contribution in [0.2, 0.25) is 0 Å². The first-order valence-corrected chi connectivity index (χ1v) is 7.27. The van der Waals surface area contributed by atoms with Crippen molar-refractivity contribution in [1.82, 2.24) is 4.31 Å². The van der Waals surface area contributed by atoms with Crippen molar-refractivity contribution < 1.29 is 13.2 Å². The molecule has 16 heavy (non-hydrogen) atoms. The van der Waals surface area contributed by atoms with Gasteiger partial charge in [0.25, 0.3) is 0 Å². The van der Waals surface area contributed by atoms with Gasteiger partial charge in [0.2, 0.25) is 10.0 Å². The van der Waals surface area contributed by atoms with E-state index in [1.165, 1.54) is 4.31 Å². The van der Waals surface area contributed by atoms with Crippen LogP contribution in [-0.4, -0.2) is 50.3 Å². The first-order chi connectivity index (χ1) is 7.32. The van der Waals surface area contributed by atoms with Gasteiger partial charge < -0.3 is 10.5 Å². The summed E-state index contributed by atoms with van der Waals surface area (Å²) in [6.07, 6.45) is 0. The van der Waals surface area contributed by atoms with E-state index >= 15 is 0 Å². The Morgan fingerprint density at radius 3 is 2.44 bits per heavy atom. The van der Waals surface area contributed by atoms with Gasteiger partial charge in [-0.3, -0.25) is 0 Å². The predicted octanol–water partition coefficient (Wildman–Crippen LogP) is 0.0218. The molecule has 96 valence electrons. The molecule has 0 amide bonds. The summed E-state index contributed by atoms with van der Waals surface area (Å²) >= 11 is 0. The van der Waals surface area contributed by atoms with Crippen molar-refractivity contribution in [2.45, 2.75) is 26.3 Å². The molecule has 0 atom stereocenters. The van der Waals surface area contributed by atoms with Gasteiger partial charge in [0.1, 0.15) is 0 Å². The minimum atomic E-state index is -3.17. The fourth-order valence-corrected chi connectivity index (χ4v) is 3.07.